The summed E-state index contributed by atoms with van der Waals surface area (Å²) in [7, 11) is -3.58. The Bertz CT molecular complexity index is 1120. The number of H-pyrrole nitrogens is 1. The van der Waals surface area contributed by atoms with Crippen molar-refractivity contribution in [2.24, 2.45) is 0 Å². The zero-order valence-corrected chi connectivity index (χ0v) is 13.5. The number of rotatable bonds is 4. The van der Waals surface area contributed by atoms with Crippen LogP contribution in [0, 0.1) is 0 Å². The minimum Gasteiger partial charge on any atom is -0.353 e. The maximum Gasteiger partial charge on any atom is 0.240 e. The Morgan fingerprint density at radius 2 is 1.79 bits per heavy atom. The number of aromatic nitrogens is 2. The van der Waals surface area contributed by atoms with Gasteiger partial charge in [-0.05, 0) is 29.8 Å². The van der Waals surface area contributed by atoms with Gasteiger partial charge in [-0.25, -0.2) is 13.1 Å². The first-order valence-electron chi connectivity index (χ1n) is 7.52. The monoisotopic (exact) mass is 337 g/mol. The SMILES string of the molecule is O=S(=O)(NCc1ccccc1)c1ccc2[nH]c3cnccc3c2c1. The molecule has 0 atom stereocenters. The van der Waals surface area contributed by atoms with E-state index in [1.807, 2.05) is 36.4 Å². The molecule has 24 heavy (non-hydrogen) atoms. The summed E-state index contributed by atoms with van der Waals surface area (Å²) in [6.45, 7) is 0.263. The van der Waals surface area contributed by atoms with Crippen LogP contribution < -0.4 is 4.72 Å². The van der Waals surface area contributed by atoms with E-state index in [4.69, 9.17) is 0 Å². The first kappa shape index (κ1) is 14.9. The number of hydrogen-bond acceptors (Lipinski definition) is 3. The fraction of sp³-hybridized carbons (Fsp3) is 0.0556. The van der Waals surface area contributed by atoms with Crippen LogP contribution in [0.25, 0.3) is 21.8 Å². The predicted molar refractivity (Wildman–Crippen MR) is 94.1 cm³/mol. The Morgan fingerprint density at radius 1 is 0.958 bits per heavy atom. The molecule has 0 bridgehead atoms. The molecule has 4 aromatic rings. The number of hydrogen-bond donors (Lipinski definition) is 2. The van der Waals surface area contributed by atoms with E-state index in [0.717, 1.165) is 27.4 Å². The van der Waals surface area contributed by atoms with Crippen molar-refractivity contribution in [2.45, 2.75) is 11.4 Å². The zero-order valence-electron chi connectivity index (χ0n) is 12.7. The quantitative estimate of drug-likeness (QED) is 0.600. The third kappa shape index (κ3) is 2.66. The van der Waals surface area contributed by atoms with Crippen LogP contribution in [-0.4, -0.2) is 18.4 Å². The summed E-state index contributed by atoms with van der Waals surface area (Å²) >= 11 is 0. The van der Waals surface area contributed by atoms with Crippen molar-refractivity contribution in [3.8, 4) is 0 Å². The molecule has 120 valence electrons. The summed E-state index contributed by atoms with van der Waals surface area (Å²) in [6.07, 6.45) is 3.43. The van der Waals surface area contributed by atoms with Crippen molar-refractivity contribution in [3.63, 3.8) is 0 Å². The average molecular weight is 337 g/mol. The van der Waals surface area contributed by atoms with Crippen LogP contribution in [0.1, 0.15) is 5.56 Å². The minimum atomic E-state index is -3.58. The predicted octanol–water partition coefficient (Wildman–Crippen LogP) is 3.19. The van der Waals surface area contributed by atoms with E-state index < -0.39 is 10.0 Å². The number of nitrogens with zero attached hydrogens (tertiary/aromatic N) is 1. The van der Waals surface area contributed by atoms with Gasteiger partial charge in [0.1, 0.15) is 0 Å². The van der Waals surface area contributed by atoms with Crippen molar-refractivity contribution < 1.29 is 8.42 Å². The van der Waals surface area contributed by atoms with E-state index in [1.165, 1.54) is 0 Å². The molecule has 2 aromatic heterocycles. The van der Waals surface area contributed by atoms with Gasteiger partial charge in [-0.15, -0.1) is 0 Å². The summed E-state index contributed by atoms with van der Waals surface area (Å²) in [5.74, 6) is 0. The van der Waals surface area contributed by atoms with Crippen molar-refractivity contribution in [1.29, 1.82) is 0 Å². The fourth-order valence-electron chi connectivity index (χ4n) is 2.75. The zero-order chi connectivity index (χ0) is 16.6. The van der Waals surface area contributed by atoms with E-state index in [1.54, 1.807) is 30.6 Å². The molecular weight excluding hydrogens is 322 g/mol. The van der Waals surface area contributed by atoms with Gasteiger partial charge in [-0.2, -0.15) is 0 Å². The second-order valence-corrected chi connectivity index (χ2v) is 7.33. The topological polar surface area (TPSA) is 74.8 Å². The minimum absolute atomic E-state index is 0.253. The maximum atomic E-state index is 12.6. The first-order valence-corrected chi connectivity index (χ1v) is 9.01. The molecule has 0 unspecified atom stereocenters. The fourth-order valence-corrected chi connectivity index (χ4v) is 3.80. The Morgan fingerprint density at radius 3 is 2.62 bits per heavy atom. The van der Waals surface area contributed by atoms with E-state index in [0.29, 0.717) is 0 Å². The van der Waals surface area contributed by atoms with Gasteiger partial charge < -0.3 is 4.98 Å². The van der Waals surface area contributed by atoms with Gasteiger partial charge >= 0.3 is 0 Å². The smallest absolute Gasteiger partial charge is 0.240 e. The third-order valence-electron chi connectivity index (χ3n) is 3.99. The Hall–Kier alpha value is -2.70. The highest BCUT2D eigenvalue weighted by Crippen LogP contribution is 2.26. The van der Waals surface area contributed by atoms with Gasteiger partial charge in [0, 0.05) is 29.0 Å². The molecule has 0 aliphatic carbocycles. The Balaban J connectivity index is 1.71. The molecule has 0 fully saturated rings. The molecule has 0 radical (unpaired) electrons. The number of benzene rings is 2. The number of nitrogens with one attached hydrogen (secondary N) is 2. The number of fused-ring (bicyclic) bond motifs is 3. The van der Waals surface area contributed by atoms with Gasteiger partial charge in [0.15, 0.2) is 0 Å². The average Bonchev–Trinajstić information content (AvgIpc) is 2.99. The van der Waals surface area contributed by atoms with Crippen molar-refractivity contribution in [1.82, 2.24) is 14.7 Å². The standard InChI is InChI=1S/C18H15N3O2S/c22-24(23,20-11-13-4-2-1-3-5-13)14-6-7-17-16(10-14)15-8-9-19-12-18(15)21-17/h1-10,12,20-21H,11H2. The number of sulfonamides is 1. The highest BCUT2D eigenvalue weighted by atomic mass is 32.2. The second kappa shape index (κ2) is 5.74. The van der Waals surface area contributed by atoms with Gasteiger partial charge in [-0.1, -0.05) is 30.3 Å². The van der Waals surface area contributed by atoms with E-state index in [9.17, 15) is 8.42 Å². The van der Waals surface area contributed by atoms with Gasteiger partial charge in [-0.3, -0.25) is 4.98 Å². The molecule has 2 N–H and O–H groups in total. The van der Waals surface area contributed by atoms with Crippen LogP contribution in [0.2, 0.25) is 0 Å². The molecule has 0 spiro atoms. The van der Waals surface area contributed by atoms with E-state index >= 15 is 0 Å². The lowest BCUT2D eigenvalue weighted by Crippen LogP contribution is -2.23. The molecule has 5 nitrogen and oxygen atoms in total. The highest BCUT2D eigenvalue weighted by molar-refractivity contribution is 7.89. The summed E-state index contributed by atoms with van der Waals surface area (Å²) < 4.78 is 27.8. The summed E-state index contributed by atoms with van der Waals surface area (Å²) in [5, 5.41) is 1.83. The normalized spacial score (nSPS) is 12.0. The first-order chi connectivity index (χ1) is 11.6. The van der Waals surface area contributed by atoms with Crippen molar-refractivity contribution in [3.05, 3.63) is 72.6 Å². The summed E-state index contributed by atoms with van der Waals surface area (Å²) in [5.41, 5.74) is 2.69. The van der Waals surface area contributed by atoms with E-state index in [-0.39, 0.29) is 11.4 Å². The number of pyridine rings is 1. The molecular formula is C18H15N3O2S. The van der Waals surface area contributed by atoms with Gasteiger partial charge in [0.05, 0.1) is 16.6 Å². The lowest BCUT2D eigenvalue weighted by Gasteiger charge is -2.07. The molecule has 0 aliphatic rings. The van der Waals surface area contributed by atoms with Crippen LogP contribution in [0.15, 0.2) is 71.9 Å². The van der Waals surface area contributed by atoms with Crippen molar-refractivity contribution in [2.75, 3.05) is 0 Å². The Kier molecular flexibility index (Phi) is 3.55. The molecule has 0 saturated heterocycles. The second-order valence-electron chi connectivity index (χ2n) is 5.56. The van der Waals surface area contributed by atoms with E-state index in [2.05, 4.69) is 14.7 Å². The molecule has 4 rings (SSSR count). The molecule has 2 aromatic carbocycles. The largest absolute Gasteiger partial charge is 0.353 e. The van der Waals surface area contributed by atoms with Gasteiger partial charge in [0.25, 0.3) is 0 Å². The molecule has 2 heterocycles. The summed E-state index contributed by atoms with van der Waals surface area (Å²) in [6, 6.07) is 16.4. The molecule has 0 amide bonds. The van der Waals surface area contributed by atoms with Crippen LogP contribution in [0.5, 0.6) is 0 Å². The van der Waals surface area contributed by atoms with Crippen molar-refractivity contribution >= 4 is 31.8 Å². The summed E-state index contributed by atoms with van der Waals surface area (Å²) in [4.78, 5) is 7.57. The van der Waals surface area contributed by atoms with Crippen LogP contribution in [0.3, 0.4) is 0 Å². The van der Waals surface area contributed by atoms with Gasteiger partial charge in [0.2, 0.25) is 10.0 Å². The molecule has 6 heteroatoms. The number of aromatic amines is 1. The third-order valence-corrected chi connectivity index (χ3v) is 5.39. The molecule has 0 aliphatic heterocycles. The lowest BCUT2D eigenvalue weighted by atomic mass is 10.2. The van der Waals surface area contributed by atoms with Crippen LogP contribution >= 0.6 is 0 Å². The van der Waals surface area contributed by atoms with Crippen LogP contribution in [-0.2, 0) is 16.6 Å². The van der Waals surface area contributed by atoms with Crippen LogP contribution in [0.4, 0.5) is 0 Å². The lowest BCUT2D eigenvalue weighted by molar-refractivity contribution is 0.581. The Labute approximate surface area is 139 Å². The highest BCUT2D eigenvalue weighted by Gasteiger charge is 2.15. The maximum absolute atomic E-state index is 12.6. The molecule has 0 saturated carbocycles.